The second-order valence-corrected chi connectivity index (χ2v) is 9.36. The summed E-state index contributed by atoms with van der Waals surface area (Å²) in [5.74, 6) is -1.29. The lowest BCUT2D eigenvalue weighted by Gasteiger charge is -2.23. The van der Waals surface area contributed by atoms with E-state index >= 15 is 0 Å². The fourth-order valence-corrected chi connectivity index (χ4v) is 4.88. The molecule has 3 aromatic carbocycles. The highest BCUT2D eigenvalue weighted by Gasteiger charge is 2.26. The van der Waals surface area contributed by atoms with Gasteiger partial charge in [0.2, 0.25) is 10.0 Å². The van der Waals surface area contributed by atoms with Gasteiger partial charge in [-0.1, -0.05) is 71.7 Å². The monoisotopic (exact) mass is 463 g/mol. The summed E-state index contributed by atoms with van der Waals surface area (Å²) in [5.41, 5.74) is 1.38. The van der Waals surface area contributed by atoms with Crippen molar-refractivity contribution < 1.29 is 18.3 Å². The van der Waals surface area contributed by atoms with Crippen molar-refractivity contribution in [1.29, 1.82) is 0 Å². The second kappa shape index (κ2) is 9.62. The Bertz CT molecular complexity index is 1150. The molecular formula is C22H19Cl2NO4S. The van der Waals surface area contributed by atoms with Gasteiger partial charge in [-0.15, -0.1) is 0 Å². The van der Waals surface area contributed by atoms with Gasteiger partial charge in [0, 0.05) is 18.1 Å². The van der Waals surface area contributed by atoms with Crippen LogP contribution in [0.5, 0.6) is 0 Å². The van der Waals surface area contributed by atoms with E-state index in [4.69, 9.17) is 23.2 Å². The van der Waals surface area contributed by atoms with Crippen LogP contribution in [-0.2, 0) is 23.0 Å². The number of rotatable bonds is 8. The highest BCUT2D eigenvalue weighted by atomic mass is 35.5. The van der Waals surface area contributed by atoms with E-state index in [2.05, 4.69) is 0 Å². The Kier molecular flexibility index (Phi) is 7.15. The molecule has 0 amide bonds. The summed E-state index contributed by atoms with van der Waals surface area (Å²) in [6.45, 7) is 0.310. The highest BCUT2D eigenvalue weighted by molar-refractivity contribution is 7.89. The van der Waals surface area contributed by atoms with E-state index in [1.807, 2.05) is 48.5 Å². The maximum absolute atomic E-state index is 13.4. The van der Waals surface area contributed by atoms with Crippen LogP contribution in [-0.4, -0.2) is 30.3 Å². The second-order valence-electron chi connectivity index (χ2n) is 6.61. The van der Waals surface area contributed by atoms with Crippen molar-refractivity contribution >= 4 is 39.2 Å². The van der Waals surface area contributed by atoms with Crippen LogP contribution in [0.1, 0.15) is 21.5 Å². The minimum atomic E-state index is -3.99. The molecule has 0 saturated heterocycles. The van der Waals surface area contributed by atoms with E-state index in [0.29, 0.717) is 11.4 Å². The Labute approximate surface area is 185 Å². The molecule has 8 heteroatoms. The number of hydrogen-bond acceptors (Lipinski definition) is 3. The topological polar surface area (TPSA) is 74.7 Å². The van der Waals surface area contributed by atoms with Crippen LogP contribution in [0.4, 0.5) is 0 Å². The van der Waals surface area contributed by atoms with E-state index in [1.54, 1.807) is 6.07 Å². The summed E-state index contributed by atoms with van der Waals surface area (Å²) in [5, 5.41) is 9.85. The molecule has 0 aliphatic rings. The maximum Gasteiger partial charge on any atom is 0.337 e. The van der Waals surface area contributed by atoms with Gasteiger partial charge in [0.05, 0.1) is 15.5 Å². The van der Waals surface area contributed by atoms with Gasteiger partial charge in [-0.25, -0.2) is 13.2 Å². The zero-order valence-corrected chi connectivity index (χ0v) is 18.2. The summed E-state index contributed by atoms with van der Waals surface area (Å²) in [7, 11) is -3.99. The zero-order valence-electron chi connectivity index (χ0n) is 15.8. The Hall–Kier alpha value is -2.38. The van der Waals surface area contributed by atoms with Crippen LogP contribution in [0.3, 0.4) is 0 Å². The number of carboxylic acids is 1. The van der Waals surface area contributed by atoms with Gasteiger partial charge in [0.15, 0.2) is 0 Å². The summed E-state index contributed by atoms with van der Waals surface area (Å²) in [6.07, 6.45) is 0.408. The van der Waals surface area contributed by atoms with E-state index in [9.17, 15) is 18.3 Å². The Morgan fingerprint density at radius 1 is 0.900 bits per heavy atom. The predicted molar refractivity (Wildman–Crippen MR) is 118 cm³/mol. The molecule has 0 fully saturated rings. The maximum atomic E-state index is 13.4. The van der Waals surface area contributed by atoms with Crippen molar-refractivity contribution in [3.63, 3.8) is 0 Å². The molecule has 0 bridgehead atoms. The summed E-state index contributed by atoms with van der Waals surface area (Å²) in [4.78, 5) is 11.3. The molecule has 156 valence electrons. The lowest BCUT2D eigenvalue weighted by atomic mass is 10.1. The summed E-state index contributed by atoms with van der Waals surface area (Å²) < 4.78 is 28.1. The molecule has 0 aliphatic carbocycles. The van der Waals surface area contributed by atoms with Gasteiger partial charge in [0.1, 0.15) is 0 Å². The van der Waals surface area contributed by atoms with Crippen LogP contribution in [0.15, 0.2) is 77.7 Å². The van der Waals surface area contributed by atoms with Crippen molar-refractivity contribution in [2.45, 2.75) is 17.9 Å². The normalized spacial score (nSPS) is 11.6. The van der Waals surface area contributed by atoms with Gasteiger partial charge in [-0.05, 0) is 41.8 Å². The molecule has 0 aromatic heterocycles. The molecule has 3 rings (SSSR count). The van der Waals surface area contributed by atoms with Crippen LogP contribution in [0.2, 0.25) is 10.0 Å². The Balaban J connectivity index is 1.96. The molecule has 0 unspecified atom stereocenters. The molecule has 30 heavy (non-hydrogen) atoms. The van der Waals surface area contributed by atoms with Crippen LogP contribution in [0.25, 0.3) is 0 Å². The number of benzene rings is 3. The molecule has 0 saturated carbocycles. The number of nitrogens with zero attached hydrogens (tertiary/aromatic N) is 1. The first kappa shape index (κ1) is 22.3. The van der Waals surface area contributed by atoms with Gasteiger partial charge in [-0.3, -0.25) is 0 Å². The Morgan fingerprint density at radius 2 is 1.57 bits per heavy atom. The number of aromatic carboxylic acids is 1. The number of halogens is 2. The molecule has 1 N–H and O–H groups in total. The Morgan fingerprint density at radius 3 is 2.23 bits per heavy atom. The quantitative estimate of drug-likeness (QED) is 0.502. The number of sulfonamides is 1. The minimum absolute atomic E-state index is 0.0212. The van der Waals surface area contributed by atoms with E-state index in [-0.39, 0.29) is 28.6 Å². The van der Waals surface area contributed by atoms with Crippen molar-refractivity contribution in [3.8, 4) is 0 Å². The first-order chi connectivity index (χ1) is 14.3. The van der Waals surface area contributed by atoms with E-state index in [0.717, 1.165) is 17.2 Å². The van der Waals surface area contributed by atoms with E-state index in [1.165, 1.54) is 16.4 Å². The standard InChI is InChI=1S/C22H19Cl2NO4S/c23-20-9-5-4-8-17(20)12-13-25(15-16-6-2-1-3-7-16)30(28,29)18-10-11-21(24)19(14-18)22(26)27/h1-11,14H,12-13,15H2,(H,26,27). The van der Waals surface area contributed by atoms with Crippen molar-refractivity contribution in [2.75, 3.05) is 6.54 Å². The van der Waals surface area contributed by atoms with Crippen LogP contribution < -0.4 is 0 Å². The van der Waals surface area contributed by atoms with Crippen molar-refractivity contribution in [1.82, 2.24) is 4.31 Å². The van der Waals surface area contributed by atoms with Gasteiger partial charge >= 0.3 is 5.97 Å². The van der Waals surface area contributed by atoms with Crippen molar-refractivity contribution in [3.05, 3.63) is 99.5 Å². The molecule has 3 aromatic rings. The third-order valence-corrected chi connectivity index (χ3v) is 7.14. The average molecular weight is 464 g/mol. The molecule has 0 aliphatic heterocycles. The first-order valence-electron chi connectivity index (χ1n) is 9.09. The number of carbonyl (C=O) groups is 1. The zero-order chi connectivity index (χ0) is 21.7. The van der Waals surface area contributed by atoms with Gasteiger partial charge < -0.3 is 5.11 Å². The molecule has 0 atom stereocenters. The minimum Gasteiger partial charge on any atom is -0.478 e. The van der Waals surface area contributed by atoms with Crippen LogP contribution >= 0.6 is 23.2 Å². The molecule has 0 radical (unpaired) electrons. The van der Waals surface area contributed by atoms with Gasteiger partial charge in [-0.2, -0.15) is 4.31 Å². The van der Waals surface area contributed by atoms with Gasteiger partial charge in [0.25, 0.3) is 0 Å². The smallest absolute Gasteiger partial charge is 0.337 e. The number of carboxylic acid groups (broad SMARTS) is 1. The third kappa shape index (κ3) is 5.21. The molecule has 0 heterocycles. The third-order valence-electron chi connectivity index (χ3n) is 4.60. The largest absolute Gasteiger partial charge is 0.478 e. The van der Waals surface area contributed by atoms with Crippen LogP contribution in [0, 0.1) is 0 Å². The summed E-state index contributed by atoms with van der Waals surface area (Å²) in [6, 6.07) is 20.1. The van der Waals surface area contributed by atoms with Crippen molar-refractivity contribution in [2.24, 2.45) is 0 Å². The summed E-state index contributed by atoms with van der Waals surface area (Å²) >= 11 is 12.1. The molecule has 0 spiro atoms. The molecule has 5 nitrogen and oxygen atoms in total. The lowest BCUT2D eigenvalue weighted by molar-refractivity contribution is 0.0697. The highest BCUT2D eigenvalue weighted by Crippen LogP contribution is 2.25. The lowest BCUT2D eigenvalue weighted by Crippen LogP contribution is -2.32. The number of hydrogen-bond donors (Lipinski definition) is 1. The fourth-order valence-electron chi connectivity index (χ4n) is 3.00. The average Bonchev–Trinajstić information content (AvgIpc) is 2.72. The SMILES string of the molecule is O=C(O)c1cc(S(=O)(=O)N(CCc2ccccc2Cl)Cc2ccccc2)ccc1Cl. The predicted octanol–water partition coefficient (Wildman–Crippen LogP) is 5.13. The fraction of sp³-hybridized carbons (Fsp3) is 0.136. The molecular weight excluding hydrogens is 445 g/mol. The van der Waals surface area contributed by atoms with E-state index < -0.39 is 16.0 Å². The first-order valence-corrected chi connectivity index (χ1v) is 11.3.